The normalized spacial score (nSPS) is 32.3. The number of aliphatic imine (C=N–C) groups is 1. The summed E-state index contributed by atoms with van der Waals surface area (Å²) in [5, 5.41) is 0.962. The fourth-order valence-electron chi connectivity index (χ4n) is 3.43. The molecule has 0 N–H and O–H groups in total. The Morgan fingerprint density at radius 2 is 2.20 bits per heavy atom. The molecule has 3 atom stereocenters. The van der Waals surface area contributed by atoms with Crippen LogP contribution in [0.2, 0.25) is 5.02 Å². The molecule has 0 aliphatic carbocycles. The molecule has 0 spiro atoms. The summed E-state index contributed by atoms with van der Waals surface area (Å²) in [6.07, 6.45) is 1.05. The lowest BCUT2D eigenvalue weighted by atomic mass is 10.2. The van der Waals surface area contributed by atoms with Crippen molar-refractivity contribution in [1.29, 1.82) is 0 Å². The Kier molecular flexibility index (Phi) is 4.56. The van der Waals surface area contributed by atoms with Crippen LogP contribution in [0, 0.1) is 0 Å². The molecule has 0 saturated carbocycles. The van der Waals surface area contributed by atoms with Gasteiger partial charge in [0.25, 0.3) is 5.91 Å². The summed E-state index contributed by atoms with van der Waals surface area (Å²) in [6.45, 7) is 0.579. The number of benzene rings is 1. The van der Waals surface area contributed by atoms with E-state index in [4.69, 9.17) is 16.3 Å². The SMILES string of the molecule is O=C(N=C1S[C@H]2CS(=O)(=O)C[C@@H]2N1c1cccc(Cl)c1)[C@@H]1CCCO1. The Morgan fingerprint density at radius 3 is 2.92 bits per heavy atom. The van der Waals surface area contributed by atoms with E-state index < -0.39 is 15.9 Å². The first kappa shape index (κ1) is 17.3. The highest BCUT2D eigenvalue weighted by molar-refractivity contribution is 8.16. The van der Waals surface area contributed by atoms with Crippen LogP contribution >= 0.6 is 23.4 Å². The Bertz CT molecular complexity index is 836. The van der Waals surface area contributed by atoms with Crippen molar-refractivity contribution in [2.45, 2.75) is 30.2 Å². The third kappa shape index (κ3) is 3.45. The van der Waals surface area contributed by atoms with E-state index in [1.165, 1.54) is 11.8 Å². The third-order valence-electron chi connectivity index (χ3n) is 4.56. The number of thioether (sulfide) groups is 1. The molecule has 25 heavy (non-hydrogen) atoms. The first-order valence-corrected chi connectivity index (χ1v) is 11.2. The van der Waals surface area contributed by atoms with Crippen LogP contribution in [0.3, 0.4) is 0 Å². The Balaban J connectivity index is 1.69. The van der Waals surface area contributed by atoms with Gasteiger partial charge in [-0.1, -0.05) is 29.4 Å². The van der Waals surface area contributed by atoms with Crippen LogP contribution in [-0.4, -0.2) is 55.0 Å². The van der Waals surface area contributed by atoms with Gasteiger partial charge in [0.05, 0.1) is 17.5 Å². The predicted octanol–water partition coefficient (Wildman–Crippen LogP) is 2.12. The number of hydrogen-bond acceptors (Lipinski definition) is 5. The highest BCUT2D eigenvalue weighted by atomic mass is 35.5. The lowest BCUT2D eigenvalue weighted by Gasteiger charge is -2.24. The zero-order chi connectivity index (χ0) is 17.6. The van der Waals surface area contributed by atoms with Gasteiger partial charge in [-0.05, 0) is 31.0 Å². The van der Waals surface area contributed by atoms with Crippen LogP contribution in [0.4, 0.5) is 5.69 Å². The van der Waals surface area contributed by atoms with Crippen LogP contribution in [-0.2, 0) is 19.4 Å². The lowest BCUT2D eigenvalue weighted by molar-refractivity contribution is -0.126. The van der Waals surface area contributed by atoms with Crippen molar-refractivity contribution in [1.82, 2.24) is 0 Å². The van der Waals surface area contributed by atoms with Gasteiger partial charge in [0.1, 0.15) is 6.10 Å². The van der Waals surface area contributed by atoms with Gasteiger partial charge in [0.2, 0.25) is 0 Å². The molecule has 0 unspecified atom stereocenters. The fourth-order valence-corrected chi connectivity index (χ4v) is 7.53. The molecule has 0 radical (unpaired) electrons. The number of carbonyl (C=O) groups is 1. The monoisotopic (exact) mass is 400 g/mol. The molecule has 3 fully saturated rings. The highest BCUT2D eigenvalue weighted by Gasteiger charge is 2.49. The summed E-state index contributed by atoms with van der Waals surface area (Å²) < 4.78 is 29.5. The molecule has 0 aromatic heterocycles. The van der Waals surface area contributed by atoms with Gasteiger partial charge in [0, 0.05) is 22.6 Å². The predicted molar refractivity (Wildman–Crippen MR) is 99.2 cm³/mol. The number of amides is 1. The summed E-state index contributed by atoms with van der Waals surface area (Å²) in [6, 6.07) is 6.95. The van der Waals surface area contributed by atoms with Gasteiger partial charge >= 0.3 is 0 Å². The van der Waals surface area contributed by atoms with E-state index in [1.807, 2.05) is 11.0 Å². The lowest BCUT2D eigenvalue weighted by Crippen LogP contribution is -2.38. The molecule has 3 heterocycles. The molecule has 3 aliphatic heterocycles. The van der Waals surface area contributed by atoms with Crippen molar-refractivity contribution in [2.24, 2.45) is 4.99 Å². The maximum atomic E-state index is 12.4. The van der Waals surface area contributed by atoms with Crippen LogP contribution in [0.5, 0.6) is 0 Å². The van der Waals surface area contributed by atoms with Gasteiger partial charge in [0.15, 0.2) is 15.0 Å². The molecule has 134 valence electrons. The maximum absolute atomic E-state index is 12.4. The Hall–Kier alpha value is -1.09. The van der Waals surface area contributed by atoms with Crippen LogP contribution < -0.4 is 4.90 Å². The second kappa shape index (κ2) is 6.57. The van der Waals surface area contributed by atoms with Gasteiger partial charge < -0.3 is 9.64 Å². The number of nitrogens with zero attached hydrogens (tertiary/aromatic N) is 2. The van der Waals surface area contributed by atoms with E-state index in [-0.39, 0.29) is 28.7 Å². The third-order valence-corrected chi connectivity index (χ3v) is 8.01. The molecule has 1 aromatic rings. The smallest absolute Gasteiger partial charge is 0.277 e. The summed E-state index contributed by atoms with van der Waals surface area (Å²) in [4.78, 5) is 18.5. The number of sulfone groups is 1. The van der Waals surface area contributed by atoms with E-state index in [1.54, 1.807) is 18.2 Å². The van der Waals surface area contributed by atoms with E-state index >= 15 is 0 Å². The van der Waals surface area contributed by atoms with E-state index in [9.17, 15) is 13.2 Å². The minimum Gasteiger partial charge on any atom is -0.368 e. The highest BCUT2D eigenvalue weighted by Crippen LogP contribution is 2.41. The number of hydrogen-bond donors (Lipinski definition) is 0. The van der Waals surface area contributed by atoms with E-state index in [0.29, 0.717) is 23.2 Å². The molecular formula is C16H17ClN2O4S2. The molecular weight excluding hydrogens is 384 g/mol. The summed E-state index contributed by atoms with van der Waals surface area (Å²) in [7, 11) is -3.08. The minimum atomic E-state index is -3.08. The summed E-state index contributed by atoms with van der Waals surface area (Å²) >= 11 is 7.46. The maximum Gasteiger partial charge on any atom is 0.277 e. The van der Waals surface area contributed by atoms with Crippen molar-refractivity contribution >= 4 is 50.0 Å². The van der Waals surface area contributed by atoms with Crippen molar-refractivity contribution in [3.8, 4) is 0 Å². The van der Waals surface area contributed by atoms with E-state index in [2.05, 4.69) is 4.99 Å². The number of rotatable bonds is 2. The van der Waals surface area contributed by atoms with Crippen LogP contribution in [0.1, 0.15) is 12.8 Å². The number of halogens is 1. The number of carbonyl (C=O) groups excluding carboxylic acids is 1. The topological polar surface area (TPSA) is 76.0 Å². The average Bonchev–Trinajstić information content (AvgIpc) is 3.21. The zero-order valence-electron chi connectivity index (χ0n) is 13.3. The number of fused-ring (bicyclic) bond motifs is 1. The number of anilines is 1. The zero-order valence-corrected chi connectivity index (χ0v) is 15.7. The van der Waals surface area contributed by atoms with Gasteiger partial charge in [-0.25, -0.2) is 8.42 Å². The van der Waals surface area contributed by atoms with Gasteiger partial charge in [-0.15, -0.1) is 0 Å². The largest absolute Gasteiger partial charge is 0.368 e. The van der Waals surface area contributed by atoms with Gasteiger partial charge in [-0.3, -0.25) is 4.79 Å². The van der Waals surface area contributed by atoms with Crippen molar-refractivity contribution in [3.05, 3.63) is 29.3 Å². The quantitative estimate of drug-likeness (QED) is 0.756. The van der Waals surface area contributed by atoms with Crippen LogP contribution in [0.15, 0.2) is 29.3 Å². The minimum absolute atomic E-state index is 0.0598. The van der Waals surface area contributed by atoms with Crippen molar-refractivity contribution in [3.63, 3.8) is 0 Å². The van der Waals surface area contributed by atoms with Crippen LogP contribution in [0.25, 0.3) is 0 Å². The van der Waals surface area contributed by atoms with E-state index in [0.717, 1.165) is 12.1 Å². The molecule has 9 heteroatoms. The second-order valence-electron chi connectivity index (χ2n) is 6.38. The Labute approximate surface area is 155 Å². The average molecular weight is 401 g/mol. The van der Waals surface area contributed by atoms with Crippen molar-refractivity contribution < 1.29 is 17.9 Å². The summed E-state index contributed by atoms with van der Waals surface area (Å²) in [5.41, 5.74) is 0.753. The number of amidine groups is 1. The number of ether oxygens (including phenoxy) is 1. The molecule has 3 saturated heterocycles. The van der Waals surface area contributed by atoms with Crippen molar-refractivity contribution in [2.75, 3.05) is 23.0 Å². The fraction of sp³-hybridized carbons (Fsp3) is 0.500. The molecule has 3 aliphatic rings. The molecule has 1 aromatic carbocycles. The summed E-state index contributed by atoms with van der Waals surface area (Å²) in [5.74, 6) is -0.133. The first-order chi connectivity index (χ1) is 11.9. The molecule has 6 nitrogen and oxygen atoms in total. The Morgan fingerprint density at radius 1 is 1.36 bits per heavy atom. The second-order valence-corrected chi connectivity index (χ2v) is 10.2. The standard InChI is InChI=1S/C16H17ClN2O4S2/c17-10-3-1-4-11(7-10)19-12-8-25(21,22)9-14(12)24-16(19)18-15(20)13-5-2-6-23-13/h1,3-4,7,12-14H,2,5-6,8-9H2/t12-,13-,14-/m0/s1. The molecule has 0 bridgehead atoms. The van der Waals surface area contributed by atoms with Gasteiger partial charge in [-0.2, -0.15) is 4.99 Å². The first-order valence-electron chi connectivity index (χ1n) is 8.09. The molecule has 4 rings (SSSR count). The molecule has 1 amide bonds.